The number of rotatable bonds is 1. The summed E-state index contributed by atoms with van der Waals surface area (Å²) in [6, 6.07) is 2.00. The highest BCUT2D eigenvalue weighted by Crippen LogP contribution is 2.19. The Morgan fingerprint density at radius 3 is 2.93 bits per heavy atom. The van der Waals surface area contributed by atoms with Gasteiger partial charge in [0.15, 0.2) is 0 Å². The molecule has 1 amide bonds. The molecule has 4 nitrogen and oxygen atoms in total. The van der Waals surface area contributed by atoms with Crippen LogP contribution in [0, 0.1) is 11.3 Å². The van der Waals surface area contributed by atoms with E-state index in [4.69, 9.17) is 5.26 Å². The Labute approximate surface area is 83.9 Å². The molecule has 0 aliphatic carbocycles. The van der Waals surface area contributed by atoms with E-state index in [9.17, 15) is 4.79 Å². The number of hydrogen-bond acceptors (Lipinski definition) is 3. The second-order valence-corrected chi connectivity index (χ2v) is 3.97. The van der Waals surface area contributed by atoms with Gasteiger partial charge in [-0.3, -0.25) is 4.79 Å². The molecule has 1 N–H and O–H groups in total. The van der Waals surface area contributed by atoms with E-state index in [0.717, 1.165) is 38.8 Å². The van der Waals surface area contributed by atoms with Crippen LogP contribution in [0.15, 0.2) is 0 Å². The SMILES string of the molecule is N#C[C@@H]1CCCN1C(=O)C1CCCN1. The van der Waals surface area contributed by atoms with E-state index in [-0.39, 0.29) is 18.0 Å². The average molecular weight is 193 g/mol. The molecule has 0 aromatic heterocycles. The Morgan fingerprint density at radius 2 is 2.29 bits per heavy atom. The fourth-order valence-electron chi connectivity index (χ4n) is 2.26. The minimum atomic E-state index is -0.176. The molecule has 14 heavy (non-hydrogen) atoms. The number of carbonyl (C=O) groups excluding carboxylic acids is 1. The largest absolute Gasteiger partial charge is 0.325 e. The fourth-order valence-corrected chi connectivity index (χ4v) is 2.26. The minimum absolute atomic E-state index is 0.0241. The van der Waals surface area contributed by atoms with Crippen molar-refractivity contribution in [1.82, 2.24) is 10.2 Å². The van der Waals surface area contributed by atoms with Gasteiger partial charge in [0, 0.05) is 6.54 Å². The van der Waals surface area contributed by atoms with Crippen molar-refractivity contribution in [2.75, 3.05) is 13.1 Å². The Bertz CT molecular complexity index is 265. The standard InChI is InChI=1S/C10H15N3O/c11-7-8-3-2-6-13(8)10(14)9-4-1-5-12-9/h8-9,12H,1-6H2/t8-,9?/m0/s1. The molecule has 4 heteroatoms. The van der Waals surface area contributed by atoms with Crippen molar-refractivity contribution in [3.63, 3.8) is 0 Å². The van der Waals surface area contributed by atoms with Crippen LogP contribution in [-0.4, -0.2) is 36.0 Å². The van der Waals surface area contributed by atoms with Crippen LogP contribution in [0.2, 0.25) is 0 Å². The van der Waals surface area contributed by atoms with E-state index in [1.54, 1.807) is 4.90 Å². The first-order valence-corrected chi connectivity index (χ1v) is 5.26. The van der Waals surface area contributed by atoms with Crippen LogP contribution >= 0.6 is 0 Å². The fraction of sp³-hybridized carbons (Fsp3) is 0.800. The van der Waals surface area contributed by atoms with Gasteiger partial charge >= 0.3 is 0 Å². The molecule has 0 aromatic carbocycles. The molecule has 1 unspecified atom stereocenters. The monoisotopic (exact) mass is 193 g/mol. The number of amides is 1. The van der Waals surface area contributed by atoms with E-state index in [1.165, 1.54) is 0 Å². The maximum atomic E-state index is 11.9. The Hall–Kier alpha value is -1.08. The first-order chi connectivity index (χ1) is 6.83. The molecule has 2 heterocycles. The van der Waals surface area contributed by atoms with Gasteiger partial charge in [0.25, 0.3) is 0 Å². The summed E-state index contributed by atoms with van der Waals surface area (Å²) < 4.78 is 0. The van der Waals surface area contributed by atoms with Crippen LogP contribution in [0.1, 0.15) is 25.7 Å². The molecule has 0 bridgehead atoms. The maximum Gasteiger partial charge on any atom is 0.240 e. The van der Waals surface area contributed by atoms with E-state index in [0.29, 0.717) is 0 Å². The Morgan fingerprint density at radius 1 is 1.43 bits per heavy atom. The van der Waals surface area contributed by atoms with Crippen LogP contribution in [-0.2, 0) is 4.79 Å². The lowest BCUT2D eigenvalue weighted by Gasteiger charge is -2.23. The molecule has 0 saturated carbocycles. The quantitative estimate of drug-likeness (QED) is 0.649. The molecule has 2 fully saturated rings. The van der Waals surface area contributed by atoms with Gasteiger partial charge in [-0.25, -0.2) is 0 Å². The zero-order valence-corrected chi connectivity index (χ0v) is 8.20. The zero-order valence-electron chi connectivity index (χ0n) is 8.20. The van der Waals surface area contributed by atoms with Gasteiger partial charge in [0.2, 0.25) is 5.91 Å². The minimum Gasteiger partial charge on any atom is -0.325 e. The molecular weight excluding hydrogens is 178 g/mol. The number of hydrogen-bond donors (Lipinski definition) is 1. The summed E-state index contributed by atoms with van der Waals surface area (Å²) in [4.78, 5) is 13.7. The van der Waals surface area contributed by atoms with Crippen molar-refractivity contribution in [1.29, 1.82) is 5.26 Å². The maximum absolute atomic E-state index is 11.9. The van der Waals surface area contributed by atoms with Gasteiger partial charge in [-0.1, -0.05) is 0 Å². The molecular formula is C10H15N3O. The van der Waals surface area contributed by atoms with E-state index in [1.807, 2.05) is 0 Å². The summed E-state index contributed by atoms with van der Waals surface area (Å²) in [5.41, 5.74) is 0. The van der Waals surface area contributed by atoms with Crippen LogP contribution in [0.3, 0.4) is 0 Å². The molecule has 2 aliphatic heterocycles. The zero-order chi connectivity index (χ0) is 9.97. The third-order valence-electron chi connectivity index (χ3n) is 3.04. The molecule has 0 spiro atoms. The predicted molar refractivity (Wildman–Crippen MR) is 51.4 cm³/mol. The number of likely N-dealkylation sites (tertiary alicyclic amines) is 1. The number of carbonyl (C=O) groups is 1. The lowest BCUT2D eigenvalue weighted by molar-refractivity contribution is -0.133. The lowest BCUT2D eigenvalue weighted by atomic mass is 10.2. The van der Waals surface area contributed by atoms with Crippen LogP contribution in [0.5, 0.6) is 0 Å². The first-order valence-electron chi connectivity index (χ1n) is 5.26. The smallest absolute Gasteiger partial charge is 0.240 e. The van der Waals surface area contributed by atoms with Gasteiger partial charge in [0.05, 0.1) is 12.1 Å². The summed E-state index contributed by atoms with van der Waals surface area (Å²) in [6.45, 7) is 1.69. The highest BCUT2D eigenvalue weighted by molar-refractivity contribution is 5.83. The summed E-state index contributed by atoms with van der Waals surface area (Å²) in [5, 5.41) is 12.0. The van der Waals surface area contributed by atoms with Crippen LogP contribution in [0.25, 0.3) is 0 Å². The molecule has 0 radical (unpaired) electrons. The number of nitrogens with zero attached hydrogens (tertiary/aromatic N) is 2. The summed E-state index contributed by atoms with van der Waals surface area (Å²) in [6.07, 6.45) is 3.81. The van der Waals surface area contributed by atoms with Gasteiger partial charge in [-0.05, 0) is 32.2 Å². The summed E-state index contributed by atoms with van der Waals surface area (Å²) in [7, 11) is 0. The van der Waals surface area contributed by atoms with Crippen molar-refractivity contribution < 1.29 is 4.79 Å². The molecule has 0 aromatic rings. The molecule has 2 aliphatic rings. The van der Waals surface area contributed by atoms with Crippen molar-refractivity contribution in [2.45, 2.75) is 37.8 Å². The average Bonchev–Trinajstić information content (AvgIpc) is 2.87. The van der Waals surface area contributed by atoms with Crippen molar-refractivity contribution >= 4 is 5.91 Å². The Kier molecular flexibility index (Phi) is 2.69. The molecule has 2 atom stereocenters. The van der Waals surface area contributed by atoms with Crippen LogP contribution in [0.4, 0.5) is 0 Å². The molecule has 2 saturated heterocycles. The van der Waals surface area contributed by atoms with Crippen LogP contribution < -0.4 is 5.32 Å². The van der Waals surface area contributed by atoms with E-state index in [2.05, 4.69) is 11.4 Å². The predicted octanol–water partition coefficient (Wildman–Crippen LogP) is 0.253. The summed E-state index contributed by atoms with van der Waals surface area (Å²) in [5.74, 6) is 0.131. The number of nitrogens with one attached hydrogen (secondary N) is 1. The van der Waals surface area contributed by atoms with Gasteiger partial charge < -0.3 is 10.2 Å². The van der Waals surface area contributed by atoms with Crippen molar-refractivity contribution in [2.24, 2.45) is 0 Å². The highest BCUT2D eigenvalue weighted by Gasteiger charge is 2.33. The van der Waals surface area contributed by atoms with E-state index < -0.39 is 0 Å². The summed E-state index contributed by atoms with van der Waals surface area (Å²) >= 11 is 0. The Balaban J connectivity index is 2.00. The highest BCUT2D eigenvalue weighted by atomic mass is 16.2. The number of nitriles is 1. The molecule has 2 rings (SSSR count). The van der Waals surface area contributed by atoms with Crippen molar-refractivity contribution in [3.8, 4) is 6.07 Å². The van der Waals surface area contributed by atoms with Gasteiger partial charge in [0.1, 0.15) is 6.04 Å². The normalized spacial score (nSPS) is 31.8. The third-order valence-corrected chi connectivity index (χ3v) is 3.04. The second kappa shape index (κ2) is 3.97. The van der Waals surface area contributed by atoms with E-state index >= 15 is 0 Å². The lowest BCUT2D eigenvalue weighted by Crippen LogP contribution is -2.45. The topological polar surface area (TPSA) is 56.1 Å². The van der Waals surface area contributed by atoms with Crippen molar-refractivity contribution in [3.05, 3.63) is 0 Å². The third kappa shape index (κ3) is 1.60. The van der Waals surface area contributed by atoms with Gasteiger partial charge in [-0.2, -0.15) is 5.26 Å². The first kappa shape index (κ1) is 9.47. The molecule has 76 valence electrons. The second-order valence-electron chi connectivity index (χ2n) is 3.97. The van der Waals surface area contributed by atoms with Gasteiger partial charge in [-0.15, -0.1) is 0 Å².